The van der Waals surface area contributed by atoms with E-state index in [1.165, 1.54) is 24.3 Å². The molecule has 0 radical (unpaired) electrons. The molecule has 2 N–H and O–H groups in total. The van der Waals surface area contributed by atoms with Crippen LogP contribution in [0.5, 0.6) is 0 Å². The molecule has 0 saturated carbocycles. The fourth-order valence-corrected chi connectivity index (χ4v) is 1.48. The van der Waals surface area contributed by atoms with Gasteiger partial charge in [0.25, 0.3) is 5.91 Å². The first kappa shape index (κ1) is 18.3. The highest BCUT2D eigenvalue weighted by Crippen LogP contribution is 2.08. The summed E-state index contributed by atoms with van der Waals surface area (Å²) in [4.78, 5) is 34.2. The summed E-state index contributed by atoms with van der Waals surface area (Å²) in [7, 11) is 0. The molecule has 3 amide bonds. The van der Waals surface area contributed by atoms with Crippen molar-refractivity contribution in [2.45, 2.75) is 26.3 Å². The van der Waals surface area contributed by atoms with Crippen LogP contribution in [0.15, 0.2) is 30.3 Å². The van der Waals surface area contributed by atoms with E-state index >= 15 is 0 Å². The zero-order chi connectivity index (χ0) is 17.2. The molecule has 1 aromatic rings. The number of benzene rings is 1. The van der Waals surface area contributed by atoms with E-state index < -0.39 is 30.3 Å². The first-order chi connectivity index (χ1) is 10.9. The van der Waals surface area contributed by atoms with Crippen LogP contribution in [0.1, 0.15) is 25.8 Å². The lowest BCUT2D eigenvalue weighted by Gasteiger charge is -2.11. The Bertz CT molecular complexity index is 601. The number of hydrogen-bond donors (Lipinski definition) is 2. The second kappa shape index (κ2) is 9.34. The van der Waals surface area contributed by atoms with E-state index in [2.05, 4.69) is 10.1 Å². The average molecular weight is 322 g/mol. The number of carbonyl (C=O) groups excluding carboxylic acids is 3. The Morgan fingerprint density at radius 3 is 2.65 bits per heavy atom. The molecular formula is C16H19FN2O4. The highest BCUT2D eigenvalue weighted by molar-refractivity contribution is 5.96. The zero-order valence-corrected chi connectivity index (χ0v) is 13.0. The van der Waals surface area contributed by atoms with Crippen molar-refractivity contribution in [3.63, 3.8) is 0 Å². The lowest BCUT2D eigenvalue weighted by Crippen LogP contribution is -2.44. The lowest BCUT2D eigenvalue weighted by molar-refractivity contribution is -0.143. The van der Waals surface area contributed by atoms with Crippen molar-refractivity contribution in [1.29, 1.82) is 0 Å². The first-order valence-electron chi connectivity index (χ1n) is 7.12. The van der Waals surface area contributed by atoms with Gasteiger partial charge >= 0.3 is 12.0 Å². The molecular weight excluding hydrogens is 303 g/mol. The van der Waals surface area contributed by atoms with Gasteiger partial charge in [0.05, 0.1) is 0 Å². The number of rotatable bonds is 6. The summed E-state index contributed by atoms with van der Waals surface area (Å²) in [6.07, 6.45) is 2.97. The molecule has 0 aromatic heterocycles. The summed E-state index contributed by atoms with van der Waals surface area (Å²) in [5, 5.41) is 4.57. The molecule has 0 saturated heterocycles. The fourth-order valence-electron chi connectivity index (χ4n) is 1.48. The van der Waals surface area contributed by atoms with Crippen molar-refractivity contribution in [2.24, 2.45) is 0 Å². The van der Waals surface area contributed by atoms with Gasteiger partial charge in [-0.25, -0.2) is 14.0 Å². The number of imide groups is 1. The summed E-state index contributed by atoms with van der Waals surface area (Å²) in [5.41, 5.74) is 0.224. The molecule has 1 atom stereocenters. The Kier molecular flexibility index (Phi) is 7.45. The van der Waals surface area contributed by atoms with Gasteiger partial charge in [-0.05, 0) is 25.5 Å². The molecule has 0 spiro atoms. The van der Waals surface area contributed by atoms with Crippen molar-refractivity contribution in [2.75, 3.05) is 6.61 Å². The summed E-state index contributed by atoms with van der Waals surface area (Å²) >= 11 is 0. The smallest absolute Gasteiger partial charge is 0.331 e. The number of nitrogens with one attached hydrogen (secondary N) is 2. The van der Waals surface area contributed by atoms with Crippen LogP contribution < -0.4 is 10.6 Å². The van der Waals surface area contributed by atoms with Crippen LogP contribution in [0.2, 0.25) is 0 Å². The molecule has 0 bridgehead atoms. The number of carbonyl (C=O) groups is 3. The molecule has 7 heteroatoms. The summed E-state index contributed by atoms with van der Waals surface area (Å²) < 4.78 is 18.0. The van der Waals surface area contributed by atoms with Gasteiger partial charge in [-0.2, -0.15) is 0 Å². The Balaban J connectivity index is 2.37. The quantitative estimate of drug-likeness (QED) is 0.620. The van der Waals surface area contributed by atoms with E-state index in [4.69, 9.17) is 0 Å². The second-order valence-corrected chi connectivity index (χ2v) is 4.79. The zero-order valence-electron chi connectivity index (χ0n) is 13.0. The van der Waals surface area contributed by atoms with Gasteiger partial charge in [-0.1, -0.05) is 25.1 Å². The molecule has 1 rings (SSSR count). The molecule has 0 unspecified atom stereocenters. The third-order valence-corrected chi connectivity index (χ3v) is 2.89. The molecule has 0 fully saturated rings. The third kappa shape index (κ3) is 7.21. The summed E-state index contributed by atoms with van der Waals surface area (Å²) in [6, 6.07) is 5.17. The van der Waals surface area contributed by atoms with Crippen molar-refractivity contribution >= 4 is 24.0 Å². The molecule has 1 aromatic carbocycles. The van der Waals surface area contributed by atoms with Crippen LogP contribution in [0.4, 0.5) is 9.18 Å². The maximum atomic E-state index is 13.3. The normalized spacial score (nSPS) is 11.8. The second-order valence-electron chi connectivity index (χ2n) is 4.79. The average Bonchev–Trinajstić information content (AvgIpc) is 2.51. The largest absolute Gasteiger partial charge is 0.452 e. The molecule has 23 heavy (non-hydrogen) atoms. The number of halogens is 1. The number of urea groups is 1. The fraction of sp³-hybridized carbons (Fsp3) is 0.312. The molecule has 6 nitrogen and oxygen atoms in total. The minimum Gasteiger partial charge on any atom is -0.452 e. The molecule has 0 aliphatic rings. The van der Waals surface area contributed by atoms with Crippen LogP contribution in [0.3, 0.4) is 0 Å². The number of ether oxygens (including phenoxy) is 1. The molecule has 124 valence electrons. The standard InChI is InChI=1S/C16H19FN2O4/c1-3-11(2)18-16(22)19-14(20)10-23-15(21)9-8-12-6-4-5-7-13(12)17/h4-9,11H,3,10H2,1-2H3,(H2,18,19,20,22)/b9-8+/t11-/m1/s1. The SMILES string of the molecule is CC[C@@H](C)NC(=O)NC(=O)COC(=O)/C=C/c1ccccc1F. The predicted molar refractivity (Wildman–Crippen MR) is 82.8 cm³/mol. The highest BCUT2D eigenvalue weighted by Gasteiger charge is 2.11. The first-order valence-corrected chi connectivity index (χ1v) is 7.12. The van der Waals surface area contributed by atoms with Crippen molar-refractivity contribution in [1.82, 2.24) is 10.6 Å². The highest BCUT2D eigenvalue weighted by atomic mass is 19.1. The maximum Gasteiger partial charge on any atom is 0.331 e. The van der Waals surface area contributed by atoms with E-state index in [9.17, 15) is 18.8 Å². The van der Waals surface area contributed by atoms with Crippen molar-refractivity contribution in [3.8, 4) is 0 Å². The number of amides is 3. The lowest BCUT2D eigenvalue weighted by atomic mass is 10.2. The minimum atomic E-state index is -0.814. The van der Waals surface area contributed by atoms with E-state index in [1.54, 1.807) is 13.0 Å². The van der Waals surface area contributed by atoms with Crippen LogP contribution in [-0.2, 0) is 14.3 Å². The van der Waals surface area contributed by atoms with E-state index in [1.807, 2.05) is 12.2 Å². The van der Waals surface area contributed by atoms with Gasteiger partial charge in [-0.3, -0.25) is 10.1 Å². The Morgan fingerprint density at radius 1 is 1.30 bits per heavy atom. The van der Waals surface area contributed by atoms with Crippen LogP contribution in [-0.4, -0.2) is 30.6 Å². The van der Waals surface area contributed by atoms with Gasteiger partial charge in [0.1, 0.15) is 5.82 Å². The molecule has 0 aliphatic carbocycles. The van der Waals surface area contributed by atoms with Crippen LogP contribution in [0, 0.1) is 5.82 Å². The van der Waals surface area contributed by atoms with Gasteiger partial charge in [0.15, 0.2) is 6.61 Å². The maximum absolute atomic E-state index is 13.3. The third-order valence-electron chi connectivity index (χ3n) is 2.89. The number of hydrogen-bond acceptors (Lipinski definition) is 4. The van der Waals surface area contributed by atoms with Crippen molar-refractivity contribution in [3.05, 3.63) is 41.7 Å². The Labute approximate surface area is 133 Å². The van der Waals surface area contributed by atoms with E-state index in [-0.39, 0.29) is 11.6 Å². The van der Waals surface area contributed by atoms with Crippen molar-refractivity contribution < 1.29 is 23.5 Å². The Hall–Kier alpha value is -2.70. The number of esters is 1. The van der Waals surface area contributed by atoms with Crippen LogP contribution >= 0.6 is 0 Å². The molecule has 0 aliphatic heterocycles. The minimum absolute atomic E-state index is 0.0750. The molecule has 0 heterocycles. The Morgan fingerprint density at radius 2 is 2.00 bits per heavy atom. The topological polar surface area (TPSA) is 84.5 Å². The summed E-state index contributed by atoms with van der Waals surface area (Å²) in [6.45, 7) is 3.07. The van der Waals surface area contributed by atoms with Gasteiger partial charge in [-0.15, -0.1) is 0 Å². The van der Waals surface area contributed by atoms with Gasteiger partial charge < -0.3 is 10.1 Å². The van der Waals surface area contributed by atoms with E-state index in [0.717, 1.165) is 12.5 Å². The monoisotopic (exact) mass is 322 g/mol. The summed E-state index contributed by atoms with van der Waals surface area (Å²) in [5.74, 6) is -2.04. The van der Waals surface area contributed by atoms with Gasteiger partial charge in [0.2, 0.25) is 0 Å². The van der Waals surface area contributed by atoms with Gasteiger partial charge in [0, 0.05) is 17.7 Å². The van der Waals surface area contributed by atoms with Crippen LogP contribution in [0.25, 0.3) is 6.08 Å². The predicted octanol–water partition coefficient (Wildman–Crippen LogP) is 2.01. The van der Waals surface area contributed by atoms with E-state index in [0.29, 0.717) is 0 Å².